The molecule has 0 amide bonds. The van der Waals surface area contributed by atoms with Gasteiger partial charge in [0, 0.05) is 0 Å². The molecule has 1 rings (SSSR count). The number of benzene rings is 1. The summed E-state index contributed by atoms with van der Waals surface area (Å²) in [5.41, 5.74) is 5.63. The summed E-state index contributed by atoms with van der Waals surface area (Å²) in [6.45, 7) is -0.746. The molecule has 0 aliphatic heterocycles. The predicted octanol–water partition coefficient (Wildman–Crippen LogP) is 1.92. The molecule has 0 aliphatic rings. The van der Waals surface area contributed by atoms with Crippen LogP contribution in [0.15, 0.2) is 18.2 Å². The largest absolute Gasteiger partial charge is 0.505 e. The summed E-state index contributed by atoms with van der Waals surface area (Å²) in [6, 6.07) is 2.75. The average Bonchev–Trinajstić information content (AvgIpc) is 2.08. The second-order valence-corrected chi connectivity index (χ2v) is 2.47. The predicted molar refractivity (Wildman–Crippen MR) is 48.2 cm³/mol. The van der Waals surface area contributed by atoms with E-state index in [9.17, 15) is 8.78 Å². The third-order valence-electron chi connectivity index (χ3n) is 1.57. The first-order valence-corrected chi connectivity index (χ1v) is 3.45. The number of phenolic OH excluding ortho intramolecular Hbond substituents is 1. The molecule has 0 unspecified atom stereocenters. The Morgan fingerprint density at radius 2 is 2.08 bits per heavy atom. The molecule has 0 aliphatic carbocycles. The fourth-order valence-corrected chi connectivity index (χ4v) is 0.843. The molecule has 74 valence electrons. The van der Waals surface area contributed by atoms with Gasteiger partial charge in [-0.25, -0.2) is 8.78 Å². The number of hydrogen-bond acceptors (Lipinski definition) is 2. The highest BCUT2D eigenvalue weighted by Gasteiger charge is 2.07. The van der Waals surface area contributed by atoms with Crippen LogP contribution in [0.25, 0.3) is 0 Å². The molecule has 0 saturated carbocycles. The molecular weight excluding hydrogens is 200 g/mol. The van der Waals surface area contributed by atoms with E-state index in [0.29, 0.717) is 5.56 Å². The van der Waals surface area contributed by atoms with Crippen molar-refractivity contribution in [3.8, 4) is 5.75 Å². The maximum Gasteiger partial charge on any atom is 0.165 e. The Morgan fingerprint density at radius 1 is 1.46 bits per heavy atom. The SMILES string of the molecule is Cl.N[C@@H](CF)c1ccc(O)c(F)c1. The van der Waals surface area contributed by atoms with Gasteiger partial charge in [0.05, 0.1) is 6.04 Å². The fraction of sp³-hybridized carbons (Fsp3) is 0.250. The maximum absolute atomic E-state index is 12.6. The van der Waals surface area contributed by atoms with Crippen molar-refractivity contribution in [2.24, 2.45) is 5.73 Å². The van der Waals surface area contributed by atoms with Crippen molar-refractivity contribution in [3.05, 3.63) is 29.6 Å². The number of alkyl halides is 1. The Balaban J connectivity index is 0.00000144. The van der Waals surface area contributed by atoms with Crippen molar-refractivity contribution in [2.75, 3.05) is 6.67 Å². The molecular formula is C8H10ClF2NO. The van der Waals surface area contributed by atoms with Crippen LogP contribution in [0.1, 0.15) is 11.6 Å². The smallest absolute Gasteiger partial charge is 0.165 e. The summed E-state index contributed by atoms with van der Waals surface area (Å²) < 4.78 is 24.6. The van der Waals surface area contributed by atoms with E-state index in [0.717, 1.165) is 12.1 Å². The van der Waals surface area contributed by atoms with E-state index in [-0.39, 0.29) is 12.4 Å². The normalized spacial score (nSPS) is 11.9. The van der Waals surface area contributed by atoms with Gasteiger partial charge in [-0.1, -0.05) is 6.07 Å². The van der Waals surface area contributed by atoms with Crippen molar-refractivity contribution in [1.82, 2.24) is 0 Å². The monoisotopic (exact) mass is 209 g/mol. The lowest BCUT2D eigenvalue weighted by atomic mass is 10.1. The summed E-state index contributed by atoms with van der Waals surface area (Å²) in [5, 5.41) is 8.79. The van der Waals surface area contributed by atoms with Crippen LogP contribution in [0.4, 0.5) is 8.78 Å². The summed E-state index contributed by atoms with van der Waals surface area (Å²) in [5.74, 6) is -1.23. The van der Waals surface area contributed by atoms with Crippen LogP contribution >= 0.6 is 12.4 Å². The molecule has 0 saturated heterocycles. The van der Waals surface area contributed by atoms with Crippen molar-refractivity contribution in [2.45, 2.75) is 6.04 Å². The molecule has 1 aromatic rings. The molecule has 1 atom stereocenters. The molecule has 5 heteroatoms. The van der Waals surface area contributed by atoms with E-state index in [1.807, 2.05) is 0 Å². The van der Waals surface area contributed by atoms with Gasteiger partial charge in [-0.05, 0) is 17.7 Å². The highest BCUT2D eigenvalue weighted by Crippen LogP contribution is 2.19. The van der Waals surface area contributed by atoms with E-state index in [2.05, 4.69) is 0 Å². The third-order valence-corrected chi connectivity index (χ3v) is 1.57. The highest BCUT2D eigenvalue weighted by atomic mass is 35.5. The Bertz CT molecular complexity index is 283. The van der Waals surface area contributed by atoms with Gasteiger partial charge in [-0.3, -0.25) is 0 Å². The van der Waals surface area contributed by atoms with Crippen LogP contribution in [-0.2, 0) is 0 Å². The van der Waals surface area contributed by atoms with E-state index in [1.165, 1.54) is 6.07 Å². The zero-order valence-corrected chi connectivity index (χ0v) is 7.52. The minimum Gasteiger partial charge on any atom is -0.505 e. The second-order valence-electron chi connectivity index (χ2n) is 2.47. The maximum atomic E-state index is 12.6. The van der Waals surface area contributed by atoms with E-state index >= 15 is 0 Å². The van der Waals surface area contributed by atoms with Crippen molar-refractivity contribution >= 4 is 12.4 Å². The molecule has 0 spiro atoms. The van der Waals surface area contributed by atoms with Crippen LogP contribution in [0, 0.1) is 5.82 Å². The van der Waals surface area contributed by atoms with Crippen LogP contribution in [-0.4, -0.2) is 11.8 Å². The van der Waals surface area contributed by atoms with Crippen LogP contribution in [0.2, 0.25) is 0 Å². The number of rotatable bonds is 2. The van der Waals surface area contributed by atoms with Gasteiger partial charge in [-0.15, -0.1) is 12.4 Å². The molecule has 0 heterocycles. The number of aromatic hydroxyl groups is 1. The summed E-state index contributed by atoms with van der Waals surface area (Å²) in [4.78, 5) is 0. The first-order chi connectivity index (χ1) is 5.65. The Hall–Kier alpha value is -0.870. The molecule has 13 heavy (non-hydrogen) atoms. The summed E-state index contributed by atoms with van der Waals surface area (Å²) in [7, 11) is 0. The van der Waals surface area contributed by atoms with Gasteiger partial charge < -0.3 is 10.8 Å². The minimum absolute atomic E-state index is 0. The molecule has 0 fully saturated rings. The zero-order chi connectivity index (χ0) is 9.14. The lowest BCUT2D eigenvalue weighted by Gasteiger charge is -2.07. The molecule has 2 nitrogen and oxygen atoms in total. The van der Waals surface area contributed by atoms with Crippen LogP contribution in [0.5, 0.6) is 5.75 Å². The van der Waals surface area contributed by atoms with Crippen LogP contribution in [0.3, 0.4) is 0 Å². The van der Waals surface area contributed by atoms with Gasteiger partial charge in [-0.2, -0.15) is 0 Å². The Kier molecular flexibility index (Phi) is 4.66. The summed E-state index contributed by atoms with van der Waals surface area (Å²) in [6.07, 6.45) is 0. The number of halogens is 3. The fourth-order valence-electron chi connectivity index (χ4n) is 0.843. The van der Waals surface area contributed by atoms with Crippen LogP contribution < -0.4 is 5.73 Å². The molecule has 1 aromatic carbocycles. The minimum atomic E-state index is -0.819. The quantitative estimate of drug-likeness (QED) is 0.782. The Morgan fingerprint density at radius 3 is 2.54 bits per heavy atom. The number of phenols is 1. The zero-order valence-electron chi connectivity index (χ0n) is 6.71. The molecule has 3 N–H and O–H groups in total. The first kappa shape index (κ1) is 12.1. The standard InChI is InChI=1S/C8H9F2NO.ClH/c9-4-7(11)5-1-2-8(12)6(10)3-5;/h1-3,7,12H,4,11H2;1H/t7-;/m0./s1. The van der Waals surface area contributed by atoms with Crippen molar-refractivity contribution < 1.29 is 13.9 Å². The lowest BCUT2D eigenvalue weighted by Crippen LogP contribution is -2.12. The van der Waals surface area contributed by atoms with Gasteiger partial charge in [0.1, 0.15) is 6.67 Å². The van der Waals surface area contributed by atoms with Gasteiger partial charge >= 0.3 is 0 Å². The van der Waals surface area contributed by atoms with Crippen molar-refractivity contribution in [1.29, 1.82) is 0 Å². The highest BCUT2D eigenvalue weighted by molar-refractivity contribution is 5.85. The average molecular weight is 210 g/mol. The third kappa shape index (κ3) is 2.82. The Labute approximate surface area is 80.8 Å². The topological polar surface area (TPSA) is 46.2 Å². The molecule has 0 radical (unpaired) electrons. The van der Waals surface area contributed by atoms with E-state index < -0.39 is 24.3 Å². The summed E-state index contributed by atoms with van der Waals surface area (Å²) >= 11 is 0. The lowest BCUT2D eigenvalue weighted by molar-refractivity contribution is 0.422. The van der Waals surface area contributed by atoms with E-state index in [4.69, 9.17) is 10.8 Å². The molecule has 0 aromatic heterocycles. The second kappa shape index (κ2) is 4.99. The van der Waals surface area contributed by atoms with Gasteiger partial charge in [0.15, 0.2) is 11.6 Å². The van der Waals surface area contributed by atoms with Gasteiger partial charge in [0.2, 0.25) is 0 Å². The van der Waals surface area contributed by atoms with Crippen molar-refractivity contribution in [3.63, 3.8) is 0 Å². The van der Waals surface area contributed by atoms with E-state index in [1.54, 1.807) is 0 Å². The number of nitrogens with two attached hydrogens (primary N) is 1. The first-order valence-electron chi connectivity index (χ1n) is 3.45. The molecule has 0 bridgehead atoms. The van der Waals surface area contributed by atoms with Gasteiger partial charge in [0.25, 0.3) is 0 Å². The number of hydrogen-bond donors (Lipinski definition) is 2.